The molecule has 6 nitrogen and oxygen atoms in total. The molecule has 0 aliphatic carbocycles. The summed E-state index contributed by atoms with van der Waals surface area (Å²) in [5.41, 5.74) is 3.40. The average Bonchev–Trinajstić information content (AvgIpc) is 2.88. The molecule has 7 heteroatoms. The highest BCUT2D eigenvalue weighted by atomic mass is 127. The van der Waals surface area contributed by atoms with Gasteiger partial charge in [0.2, 0.25) is 0 Å². The minimum atomic E-state index is 0. The number of hydrogen-bond donors (Lipinski definition) is 2. The third-order valence-electron chi connectivity index (χ3n) is 4.14. The first-order chi connectivity index (χ1) is 12.8. The molecule has 2 N–H and O–H groups in total. The first-order valence-electron chi connectivity index (χ1n) is 9.10. The van der Waals surface area contributed by atoms with Gasteiger partial charge in [-0.25, -0.2) is 0 Å². The van der Waals surface area contributed by atoms with Crippen molar-refractivity contribution in [3.8, 4) is 11.5 Å². The van der Waals surface area contributed by atoms with Crippen molar-refractivity contribution in [2.45, 2.75) is 26.7 Å². The van der Waals surface area contributed by atoms with Crippen molar-refractivity contribution >= 4 is 35.6 Å². The highest BCUT2D eigenvalue weighted by Gasteiger charge is 2.11. The fourth-order valence-corrected chi connectivity index (χ4v) is 2.76. The van der Waals surface area contributed by atoms with E-state index in [1.807, 2.05) is 30.6 Å². The van der Waals surface area contributed by atoms with Crippen LogP contribution in [0.2, 0.25) is 0 Å². The lowest BCUT2D eigenvalue weighted by molar-refractivity contribution is 0.297. The van der Waals surface area contributed by atoms with Gasteiger partial charge in [-0.3, -0.25) is 9.98 Å². The van der Waals surface area contributed by atoms with Gasteiger partial charge in [0.15, 0.2) is 17.5 Å². The van der Waals surface area contributed by atoms with Gasteiger partial charge >= 0.3 is 0 Å². The second-order valence-electron chi connectivity index (χ2n) is 6.15. The van der Waals surface area contributed by atoms with Crippen LogP contribution < -0.4 is 20.1 Å². The molecule has 0 atom stereocenters. The van der Waals surface area contributed by atoms with Gasteiger partial charge in [-0.2, -0.15) is 0 Å². The number of halogens is 1. The number of anilines is 1. The van der Waals surface area contributed by atoms with E-state index < -0.39 is 0 Å². The van der Waals surface area contributed by atoms with Gasteiger partial charge in [-0.15, -0.1) is 24.0 Å². The van der Waals surface area contributed by atoms with Gasteiger partial charge in [-0.05, 0) is 49.6 Å². The van der Waals surface area contributed by atoms with Crippen LogP contribution in [-0.2, 0) is 6.42 Å². The number of nitrogens with zero attached hydrogens (tertiary/aromatic N) is 2. The highest BCUT2D eigenvalue weighted by Crippen LogP contribution is 2.32. The summed E-state index contributed by atoms with van der Waals surface area (Å²) in [7, 11) is 0. The monoisotopic (exact) mass is 482 g/mol. The Morgan fingerprint density at radius 1 is 1.19 bits per heavy atom. The zero-order valence-electron chi connectivity index (χ0n) is 15.8. The van der Waals surface area contributed by atoms with E-state index in [4.69, 9.17) is 9.47 Å². The smallest absolute Gasteiger partial charge is 0.195 e. The number of aromatic nitrogens is 1. The van der Waals surface area contributed by atoms with Gasteiger partial charge < -0.3 is 20.1 Å². The molecule has 1 aromatic carbocycles. The molecule has 0 radical (unpaired) electrons. The predicted molar refractivity (Wildman–Crippen MR) is 120 cm³/mol. The van der Waals surface area contributed by atoms with Crippen molar-refractivity contribution in [1.82, 2.24) is 10.3 Å². The minimum absolute atomic E-state index is 0. The molecular formula is C20H27IN4O2. The number of rotatable bonds is 5. The minimum Gasteiger partial charge on any atom is -0.490 e. The second-order valence-corrected chi connectivity index (χ2v) is 6.15. The molecule has 0 unspecified atom stereocenters. The van der Waals surface area contributed by atoms with E-state index in [0.717, 1.165) is 42.5 Å². The molecule has 1 aliphatic heterocycles. The Morgan fingerprint density at radius 3 is 2.78 bits per heavy atom. The fourth-order valence-electron chi connectivity index (χ4n) is 2.76. The SMILES string of the molecule is CCNC(=NCCc1ccncc1C)Nc1ccc2c(c1)OCCCO2.I. The predicted octanol–water partition coefficient (Wildman–Crippen LogP) is 3.79. The van der Waals surface area contributed by atoms with E-state index in [-0.39, 0.29) is 24.0 Å². The molecule has 0 saturated heterocycles. The molecule has 1 aliphatic rings. The van der Waals surface area contributed by atoms with Crippen LogP contribution in [0.1, 0.15) is 24.5 Å². The lowest BCUT2D eigenvalue weighted by Gasteiger charge is -2.14. The number of hydrogen-bond acceptors (Lipinski definition) is 4. The number of fused-ring (bicyclic) bond motifs is 1. The van der Waals surface area contributed by atoms with E-state index in [2.05, 4.69) is 40.5 Å². The molecule has 0 spiro atoms. The molecule has 3 rings (SSSR count). The summed E-state index contributed by atoms with van der Waals surface area (Å²) in [4.78, 5) is 8.81. The Balaban J connectivity index is 0.00000261. The average molecular weight is 482 g/mol. The fraction of sp³-hybridized carbons (Fsp3) is 0.400. The van der Waals surface area contributed by atoms with Crippen molar-refractivity contribution in [1.29, 1.82) is 0 Å². The molecule has 0 fully saturated rings. The Hall–Kier alpha value is -2.03. The Labute approximate surface area is 177 Å². The zero-order chi connectivity index (χ0) is 18.2. The maximum Gasteiger partial charge on any atom is 0.195 e. The standard InChI is InChI=1S/C20H26N4O2.HI/c1-3-22-20(23-10-8-16-7-9-21-14-15(16)2)24-17-5-6-18-19(13-17)26-12-4-11-25-18;/h5-7,9,13-14H,3-4,8,10-12H2,1-2H3,(H2,22,23,24);1H. The zero-order valence-corrected chi connectivity index (χ0v) is 18.2. The summed E-state index contributed by atoms with van der Waals surface area (Å²) in [5.74, 6) is 2.33. The summed E-state index contributed by atoms with van der Waals surface area (Å²) < 4.78 is 11.4. The van der Waals surface area contributed by atoms with Crippen LogP contribution in [0.25, 0.3) is 0 Å². The number of benzene rings is 1. The molecular weight excluding hydrogens is 455 g/mol. The summed E-state index contributed by atoms with van der Waals surface area (Å²) in [6.45, 7) is 7.00. The number of aryl methyl sites for hydroxylation is 1. The first kappa shape index (κ1) is 21.3. The van der Waals surface area contributed by atoms with Gasteiger partial charge in [0.25, 0.3) is 0 Å². The van der Waals surface area contributed by atoms with Crippen LogP contribution in [0.4, 0.5) is 5.69 Å². The van der Waals surface area contributed by atoms with Crippen LogP contribution in [0.5, 0.6) is 11.5 Å². The third kappa shape index (κ3) is 6.27. The summed E-state index contributed by atoms with van der Waals surface area (Å²) >= 11 is 0. The van der Waals surface area contributed by atoms with E-state index in [0.29, 0.717) is 19.8 Å². The normalized spacial score (nSPS) is 13.3. The molecule has 27 heavy (non-hydrogen) atoms. The maximum atomic E-state index is 5.75. The molecule has 1 aromatic heterocycles. The first-order valence-corrected chi connectivity index (χ1v) is 9.10. The van der Waals surface area contributed by atoms with Crippen LogP contribution in [0, 0.1) is 6.92 Å². The molecule has 146 valence electrons. The summed E-state index contributed by atoms with van der Waals surface area (Å²) in [6.07, 6.45) is 5.50. The lowest BCUT2D eigenvalue weighted by Crippen LogP contribution is -2.30. The Kier molecular flexibility index (Phi) is 8.63. The van der Waals surface area contributed by atoms with Crippen molar-refractivity contribution in [3.63, 3.8) is 0 Å². The number of pyridine rings is 1. The van der Waals surface area contributed by atoms with Crippen molar-refractivity contribution in [2.24, 2.45) is 4.99 Å². The molecule has 2 aromatic rings. The Morgan fingerprint density at radius 2 is 2.00 bits per heavy atom. The lowest BCUT2D eigenvalue weighted by atomic mass is 10.1. The number of guanidine groups is 1. The van der Waals surface area contributed by atoms with Crippen LogP contribution in [-0.4, -0.2) is 37.2 Å². The number of aliphatic imine (C=N–C) groups is 1. The third-order valence-corrected chi connectivity index (χ3v) is 4.14. The Bertz CT molecular complexity index is 767. The molecule has 0 amide bonds. The van der Waals surface area contributed by atoms with E-state index >= 15 is 0 Å². The quantitative estimate of drug-likeness (QED) is 0.386. The maximum absolute atomic E-state index is 5.75. The van der Waals surface area contributed by atoms with Crippen LogP contribution in [0.15, 0.2) is 41.7 Å². The largest absolute Gasteiger partial charge is 0.490 e. The highest BCUT2D eigenvalue weighted by molar-refractivity contribution is 14.0. The van der Waals surface area contributed by atoms with Crippen LogP contribution >= 0.6 is 24.0 Å². The van der Waals surface area contributed by atoms with Crippen LogP contribution in [0.3, 0.4) is 0 Å². The van der Waals surface area contributed by atoms with Crippen molar-refractivity contribution in [2.75, 3.05) is 31.6 Å². The number of nitrogens with one attached hydrogen (secondary N) is 2. The topological polar surface area (TPSA) is 67.8 Å². The summed E-state index contributed by atoms with van der Waals surface area (Å²) in [5, 5.41) is 6.62. The van der Waals surface area contributed by atoms with Gasteiger partial charge in [0.05, 0.1) is 13.2 Å². The van der Waals surface area contributed by atoms with Gasteiger partial charge in [0.1, 0.15) is 0 Å². The molecule has 2 heterocycles. The van der Waals surface area contributed by atoms with E-state index in [1.54, 1.807) is 0 Å². The van der Waals surface area contributed by atoms with Crippen molar-refractivity contribution in [3.05, 3.63) is 47.8 Å². The van der Waals surface area contributed by atoms with Gasteiger partial charge in [0, 0.05) is 43.7 Å². The van der Waals surface area contributed by atoms with E-state index in [9.17, 15) is 0 Å². The summed E-state index contributed by atoms with van der Waals surface area (Å²) in [6, 6.07) is 7.93. The van der Waals surface area contributed by atoms with E-state index in [1.165, 1.54) is 11.1 Å². The second kappa shape index (κ2) is 11.0. The van der Waals surface area contributed by atoms with Gasteiger partial charge in [-0.1, -0.05) is 0 Å². The van der Waals surface area contributed by atoms with Crippen molar-refractivity contribution < 1.29 is 9.47 Å². The number of ether oxygens (including phenoxy) is 2. The molecule has 0 bridgehead atoms. The molecule has 0 saturated carbocycles.